The van der Waals surface area contributed by atoms with E-state index in [1.165, 1.54) is 14.2 Å². The van der Waals surface area contributed by atoms with E-state index in [1.807, 2.05) is 0 Å². The third-order valence-electron chi connectivity index (χ3n) is 2.65. The number of rotatable bonds is 7. The molecule has 6 heteroatoms. The number of ketones is 1. The second kappa shape index (κ2) is 6.98. The summed E-state index contributed by atoms with van der Waals surface area (Å²) in [4.78, 5) is 22.5. The molecular weight excluding hydrogens is 250 g/mol. The lowest BCUT2D eigenvalue weighted by atomic mass is 10.0. The highest BCUT2D eigenvalue weighted by Gasteiger charge is 2.19. The zero-order valence-electron chi connectivity index (χ0n) is 10.8. The van der Waals surface area contributed by atoms with Crippen molar-refractivity contribution in [2.45, 2.75) is 18.8 Å². The average molecular weight is 267 g/mol. The highest BCUT2D eigenvalue weighted by atomic mass is 16.7. The smallest absolute Gasteiger partial charge is 0.320 e. The van der Waals surface area contributed by atoms with E-state index in [1.54, 1.807) is 24.3 Å². The van der Waals surface area contributed by atoms with Crippen molar-refractivity contribution < 1.29 is 24.2 Å². The van der Waals surface area contributed by atoms with Crippen LogP contribution in [0.15, 0.2) is 24.3 Å². The van der Waals surface area contributed by atoms with Crippen molar-refractivity contribution in [3.05, 3.63) is 35.4 Å². The quantitative estimate of drug-likeness (QED) is 0.549. The number of carbonyl (C=O) groups is 2. The molecule has 0 radical (unpaired) electrons. The van der Waals surface area contributed by atoms with E-state index in [9.17, 15) is 9.59 Å². The first kappa shape index (κ1) is 15.3. The van der Waals surface area contributed by atoms with Crippen LogP contribution in [0.2, 0.25) is 0 Å². The second-order valence-corrected chi connectivity index (χ2v) is 4.01. The Morgan fingerprint density at radius 3 is 2.16 bits per heavy atom. The number of aliphatic carboxylic acids is 1. The van der Waals surface area contributed by atoms with Crippen molar-refractivity contribution in [1.29, 1.82) is 0 Å². The summed E-state index contributed by atoms with van der Waals surface area (Å²) >= 11 is 0. The van der Waals surface area contributed by atoms with Gasteiger partial charge in [0.2, 0.25) is 12.1 Å². The van der Waals surface area contributed by atoms with E-state index in [0.717, 1.165) is 5.56 Å². The summed E-state index contributed by atoms with van der Waals surface area (Å²) in [7, 11) is 2.76. The SMILES string of the molecule is COC(OC)C(=O)c1ccc(CC(N)C(=O)O)cc1. The zero-order valence-corrected chi connectivity index (χ0v) is 10.8. The maximum atomic E-state index is 11.9. The first-order chi connectivity index (χ1) is 8.99. The zero-order chi connectivity index (χ0) is 14.4. The summed E-state index contributed by atoms with van der Waals surface area (Å²) in [5, 5.41) is 8.71. The van der Waals surface area contributed by atoms with Crippen molar-refractivity contribution >= 4 is 11.8 Å². The first-order valence-electron chi connectivity index (χ1n) is 5.66. The minimum Gasteiger partial charge on any atom is -0.480 e. The lowest BCUT2D eigenvalue weighted by molar-refractivity contribution is -0.138. The Kier molecular flexibility index (Phi) is 5.62. The van der Waals surface area contributed by atoms with Crippen LogP contribution < -0.4 is 5.73 Å². The molecule has 0 aliphatic heterocycles. The van der Waals surface area contributed by atoms with E-state index in [2.05, 4.69) is 0 Å². The second-order valence-electron chi connectivity index (χ2n) is 4.01. The van der Waals surface area contributed by atoms with Gasteiger partial charge in [0.15, 0.2) is 0 Å². The highest BCUT2D eigenvalue weighted by molar-refractivity contribution is 5.98. The monoisotopic (exact) mass is 267 g/mol. The molecule has 0 aromatic heterocycles. The Morgan fingerprint density at radius 1 is 1.21 bits per heavy atom. The topological polar surface area (TPSA) is 98.9 Å². The fraction of sp³-hybridized carbons (Fsp3) is 0.385. The van der Waals surface area contributed by atoms with Crippen molar-refractivity contribution in [3.8, 4) is 0 Å². The van der Waals surface area contributed by atoms with Gasteiger partial charge in [-0.1, -0.05) is 24.3 Å². The number of carboxylic acids is 1. The maximum absolute atomic E-state index is 11.9. The number of ether oxygens (including phenoxy) is 2. The predicted molar refractivity (Wildman–Crippen MR) is 67.9 cm³/mol. The largest absolute Gasteiger partial charge is 0.480 e. The van der Waals surface area contributed by atoms with Crippen LogP contribution in [-0.2, 0) is 20.7 Å². The number of nitrogens with two attached hydrogens (primary N) is 1. The van der Waals surface area contributed by atoms with Crippen LogP contribution in [-0.4, -0.2) is 43.4 Å². The Hall–Kier alpha value is -1.76. The van der Waals surface area contributed by atoms with Gasteiger partial charge < -0.3 is 20.3 Å². The van der Waals surface area contributed by atoms with Gasteiger partial charge in [0, 0.05) is 19.8 Å². The lowest BCUT2D eigenvalue weighted by Gasteiger charge is -2.12. The van der Waals surface area contributed by atoms with Crippen molar-refractivity contribution in [2.24, 2.45) is 5.73 Å². The summed E-state index contributed by atoms with van der Waals surface area (Å²) in [5.41, 5.74) is 6.61. The summed E-state index contributed by atoms with van der Waals surface area (Å²) in [6, 6.07) is 5.57. The summed E-state index contributed by atoms with van der Waals surface area (Å²) in [5.74, 6) is -1.35. The van der Waals surface area contributed by atoms with Gasteiger partial charge in [-0.3, -0.25) is 9.59 Å². The number of hydrogen-bond acceptors (Lipinski definition) is 5. The van der Waals surface area contributed by atoms with Crippen LogP contribution in [0.3, 0.4) is 0 Å². The Labute approximate surface area is 111 Å². The number of carboxylic acid groups (broad SMARTS) is 1. The van der Waals surface area contributed by atoms with Gasteiger partial charge in [-0.25, -0.2) is 0 Å². The number of carbonyl (C=O) groups excluding carboxylic acids is 1. The van der Waals surface area contributed by atoms with Crippen molar-refractivity contribution in [1.82, 2.24) is 0 Å². The molecule has 0 heterocycles. The number of hydrogen-bond donors (Lipinski definition) is 2. The van der Waals surface area contributed by atoms with Gasteiger partial charge in [-0.05, 0) is 12.0 Å². The molecule has 0 aliphatic rings. The van der Waals surface area contributed by atoms with Gasteiger partial charge in [0.1, 0.15) is 6.04 Å². The van der Waals surface area contributed by atoms with Crippen LogP contribution >= 0.6 is 0 Å². The Balaban J connectivity index is 2.76. The molecule has 19 heavy (non-hydrogen) atoms. The van der Waals surface area contributed by atoms with Gasteiger partial charge in [-0.2, -0.15) is 0 Å². The normalized spacial score (nSPS) is 12.4. The fourth-order valence-electron chi connectivity index (χ4n) is 1.59. The molecule has 1 atom stereocenters. The van der Waals surface area contributed by atoms with Gasteiger partial charge in [-0.15, -0.1) is 0 Å². The van der Waals surface area contributed by atoms with E-state index in [4.69, 9.17) is 20.3 Å². The van der Waals surface area contributed by atoms with Gasteiger partial charge in [0.05, 0.1) is 0 Å². The number of Topliss-reactive ketones (excluding diaryl/α,β-unsaturated/α-hetero) is 1. The molecule has 0 spiro atoms. The van der Waals surface area contributed by atoms with Crippen LogP contribution in [0, 0.1) is 0 Å². The molecule has 0 fully saturated rings. The molecule has 0 aliphatic carbocycles. The number of methoxy groups -OCH3 is 2. The van der Waals surface area contributed by atoms with Gasteiger partial charge >= 0.3 is 5.97 Å². The average Bonchev–Trinajstić information content (AvgIpc) is 2.40. The minimum atomic E-state index is -1.06. The molecule has 1 aromatic carbocycles. The van der Waals surface area contributed by atoms with E-state index >= 15 is 0 Å². The highest BCUT2D eigenvalue weighted by Crippen LogP contribution is 2.10. The molecule has 0 amide bonds. The maximum Gasteiger partial charge on any atom is 0.320 e. The number of benzene rings is 1. The van der Waals surface area contributed by atoms with Gasteiger partial charge in [0.25, 0.3) is 0 Å². The van der Waals surface area contributed by atoms with Crippen LogP contribution in [0.5, 0.6) is 0 Å². The lowest BCUT2D eigenvalue weighted by Crippen LogP contribution is -2.32. The minimum absolute atomic E-state index is 0.210. The van der Waals surface area contributed by atoms with Crippen LogP contribution in [0.4, 0.5) is 0 Å². The first-order valence-corrected chi connectivity index (χ1v) is 5.66. The Bertz CT molecular complexity index is 439. The molecule has 104 valence electrons. The molecule has 0 saturated heterocycles. The molecule has 1 rings (SSSR count). The molecule has 1 aromatic rings. The Morgan fingerprint density at radius 2 is 1.74 bits per heavy atom. The van der Waals surface area contributed by atoms with Crippen molar-refractivity contribution in [3.63, 3.8) is 0 Å². The van der Waals surface area contributed by atoms with Crippen molar-refractivity contribution in [2.75, 3.05) is 14.2 Å². The summed E-state index contributed by atoms with van der Waals surface area (Å²) in [6.45, 7) is 0. The standard InChI is InChI=1S/C13H17NO5/c1-18-13(19-2)11(15)9-5-3-8(4-6-9)7-10(14)12(16)17/h3-6,10,13H,7,14H2,1-2H3,(H,16,17). The molecular formula is C13H17NO5. The van der Waals surface area contributed by atoms with E-state index < -0.39 is 18.3 Å². The summed E-state index contributed by atoms with van der Waals surface area (Å²) in [6.07, 6.45) is -0.728. The third-order valence-corrected chi connectivity index (χ3v) is 2.65. The molecule has 0 saturated carbocycles. The molecule has 3 N–H and O–H groups in total. The molecule has 0 bridgehead atoms. The van der Waals surface area contributed by atoms with Crippen LogP contribution in [0.1, 0.15) is 15.9 Å². The van der Waals surface area contributed by atoms with Crippen LogP contribution in [0.25, 0.3) is 0 Å². The molecule has 1 unspecified atom stereocenters. The fourth-order valence-corrected chi connectivity index (χ4v) is 1.59. The molecule has 6 nitrogen and oxygen atoms in total. The predicted octanol–water partition coefficient (Wildman–Crippen LogP) is 0.443. The third kappa shape index (κ3) is 4.13. The van der Waals surface area contributed by atoms with E-state index in [0.29, 0.717) is 5.56 Å². The summed E-state index contributed by atoms with van der Waals surface area (Å²) < 4.78 is 9.74. The van der Waals surface area contributed by atoms with E-state index in [-0.39, 0.29) is 12.2 Å².